The molecule has 0 bridgehead atoms. The van der Waals surface area contributed by atoms with Crippen LogP contribution in [0.15, 0.2) is 60.8 Å². The number of fused-ring (bicyclic) bond motifs is 1. The van der Waals surface area contributed by atoms with Gasteiger partial charge < -0.3 is 4.74 Å². The smallest absolute Gasteiger partial charge is 0.227 e. The van der Waals surface area contributed by atoms with Gasteiger partial charge in [0.15, 0.2) is 0 Å². The molecule has 3 aromatic rings. The minimum absolute atomic E-state index is 0.149. The Balaban J connectivity index is 1.92. The van der Waals surface area contributed by atoms with Crippen molar-refractivity contribution in [1.82, 2.24) is 4.98 Å². The molecule has 2 nitrogen and oxygen atoms in total. The first kappa shape index (κ1) is 13.6. The van der Waals surface area contributed by atoms with E-state index < -0.39 is 0 Å². The van der Waals surface area contributed by atoms with Gasteiger partial charge in [0.05, 0.1) is 0 Å². The zero-order valence-corrected chi connectivity index (χ0v) is 12.6. The predicted octanol–water partition coefficient (Wildman–Crippen LogP) is 5.32. The van der Waals surface area contributed by atoms with Crippen molar-refractivity contribution in [3.05, 3.63) is 66.4 Å². The number of ether oxygens (including phenoxy) is 1. The van der Waals surface area contributed by atoms with Crippen molar-refractivity contribution in [1.29, 1.82) is 0 Å². The molecule has 0 saturated carbocycles. The van der Waals surface area contributed by atoms with Crippen LogP contribution < -0.4 is 4.74 Å². The molecule has 2 aromatic carbocycles. The maximum Gasteiger partial charge on any atom is 0.227 e. The number of nitrogens with zero attached hydrogens (tertiary/aromatic N) is 1. The van der Waals surface area contributed by atoms with Gasteiger partial charge in [-0.05, 0) is 40.6 Å². The summed E-state index contributed by atoms with van der Waals surface area (Å²) in [6, 6.07) is 18.3. The van der Waals surface area contributed by atoms with E-state index in [0.29, 0.717) is 5.88 Å². The van der Waals surface area contributed by atoms with Crippen LogP contribution in [0.25, 0.3) is 10.8 Å². The van der Waals surface area contributed by atoms with E-state index in [1.165, 1.54) is 5.56 Å². The first-order chi connectivity index (χ1) is 10.0. The molecule has 0 unspecified atom stereocenters. The molecule has 0 aliphatic heterocycles. The van der Waals surface area contributed by atoms with Crippen molar-refractivity contribution in [2.45, 2.75) is 26.2 Å². The van der Waals surface area contributed by atoms with Crippen LogP contribution in [0.2, 0.25) is 0 Å². The number of hydrogen-bond donors (Lipinski definition) is 0. The quantitative estimate of drug-likeness (QED) is 0.632. The maximum atomic E-state index is 5.95. The summed E-state index contributed by atoms with van der Waals surface area (Å²) in [4.78, 5) is 4.35. The normalized spacial score (nSPS) is 11.6. The van der Waals surface area contributed by atoms with Crippen LogP contribution in [0.5, 0.6) is 11.6 Å². The molecule has 1 heterocycles. The van der Waals surface area contributed by atoms with Crippen molar-refractivity contribution >= 4 is 10.8 Å². The second-order valence-electron chi connectivity index (χ2n) is 6.21. The summed E-state index contributed by atoms with van der Waals surface area (Å²) >= 11 is 0. The highest BCUT2D eigenvalue weighted by atomic mass is 16.5. The molecule has 0 amide bonds. The Hall–Kier alpha value is -2.35. The van der Waals surface area contributed by atoms with Gasteiger partial charge in [0, 0.05) is 11.6 Å². The molecule has 0 atom stereocenters. The van der Waals surface area contributed by atoms with Crippen molar-refractivity contribution in [2.24, 2.45) is 0 Å². The summed E-state index contributed by atoms with van der Waals surface area (Å²) in [7, 11) is 0. The second kappa shape index (κ2) is 5.21. The van der Waals surface area contributed by atoms with Crippen molar-refractivity contribution < 1.29 is 4.74 Å². The Morgan fingerprint density at radius 2 is 1.57 bits per heavy atom. The molecular weight excluding hydrogens is 258 g/mol. The molecule has 3 rings (SSSR count). The lowest BCUT2D eigenvalue weighted by Gasteiger charge is -2.19. The van der Waals surface area contributed by atoms with Gasteiger partial charge >= 0.3 is 0 Å². The van der Waals surface area contributed by atoms with Crippen LogP contribution in [-0.4, -0.2) is 4.98 Å². The van der Waals surface area contributed by atoms with Gasteiger partial charge in [-0.25, -0.2) is 4.98 Å². The summed E-state index contributed by atoms with van der Waals surface area (Å²) in [6.45, 7) is 6.61. The first-order valence-corrected chi connectivity index (χ1v) is 7.16. The number of hydrogen-bond acceptors (Lipinski definition) is 2. The van der Waals surface area contributed by atoms with Gasteiger partial charge in [-0.2, -0.15) is 0 Å². The first-order valence-electron chi connectivity index (χ1n) is 7.16. The Bertz CT molecular complexity index is 749. The van der Waals surface area contributed by atoms with Crippen LogP contribution in [0.3, 0.4) is 0 Å². The minimum Gasteiger partial charge on any atom is -0.438 e. The Morgan fingerprint density at radius 1 is 0.857 bits per heavy atom. The fourth-order valence-electron chi connectivity index (χ4n) is 2.31. The van der Waals surface area contributed by atoms with E-state index in [1.807, 2.05) is 36.4 Å². The third-order valence-corrected chi connectivity index (χ3v) is 3.57. The Kier molecular flexibility index (Phi) is 3.38. The Morgan fingerprint density at radius 3 is 2.29 bits per heavy atom. The van der Waals surface area contributed by atoms with Crippen LogP contribution in [0.1, 0.15) is 26.3 Å². The minimum atomic E-state index is 0.149. The molecular formula is C19H19NO. The molecule has 2 heteroatoms. The summed E-state index contributed by atoms with van der Waals surface area (Å²) in [6.07, 6.45) is 1.78. The number of rotatable bonds is 2. The zero-order valence-electron chi connectivity index (χ0n) is 12.6. The highest BCUT2D eigenvalue weighted by Crippen LogP contribution is 2.29. The largest absolute Gasteiger partial charge is 0.438 e. The molecule has 0 aliphatic rings. The lowest BCUT2D eigenvalue weighted by atomic mass is 9.87. The number of aromatic nitrogens is 1. The summed E-state index contributed by atoms with van der Waals surface area (Å²) in [5.74, 6) is 1.46. The lowest BCUT2D eigenvalue weighted by Crippen LogP contribution is -2.10. The molecule has 1 aromatic heterocycles. The molecule has 0 saturated heterocycles. The van der Waals surface area contributed by atoms with Gasteiger partial charge in [0.25, 0.3) is 0 Å². The predicted molar refractivity (Wildman–Crippen MR) is 87.0 cm³/mol. The standard InChI is InChI=1S/C19H19NO/c1-19(2,3)15-8-10-16(11-9-15)21-18-17-7-5-4-6-14(17)12-13-20-18/h4-13H,1-3H3. The van der Waals surface area contributed by atoms with E-state index in [1.54, 1.807) is 6.20 Å². The lowest BCUT2D eigenvalue weighted by molar-refractivity contribution is 0.468. The second-order valence-corrected chi connectivity index (χ2v) is 6.21. The number of pyridine rings is 1. The summed E-state index contributed by atoms with van der Waals surface area (Å²) < 4.78 is 5.95. The van der Waals surface area contributed by atoms with Crippen LogP contribution in [0, 0.1) is 0 Å². The average Bonchev–Trinajstić information content (AvgIpc) is 2.47. The molecule has 0 aliphatic carbocycles. The molecule has 0 fully saturated rings. The van der Waals surface area contributed by atoms with E-state index in [9.17, 15) is 0 Å². The van der Waals surface area contributed by atoms with Crippen molar-refractivity contribution in [2.75, 3.05) is 0 Å². The fraction of sp³-hybridized carbons (Fsp3) is 0.211. The molecule has 0 N–H and O–H groups in total. The number of benzene rings is 2. The highest BCUT2D eigenvalue weighted by molar-refractivity contribution is 5.86. The molecule has 0 radical (unpaired) electrons. The Labute approximate surface area is 125 Å². The van der Waals surface area contributed by atoms with Crippen molar-refractivity contribution in [3.63, 3.8) is 0 Å². The highest BCUT2D eigenvalue weighted by Gasteiger charge is 2.13. The van der Waals surface area contributed by atoms with Gasteiger partial charge in [-0.3, -0.25) is 0 Å². The molecule has 0 spiro atoms. The fourth-order valence-corrected chi connectivity index (χ4v) is 2.31. The van der Waals surface area contributed by atoms with E-state index in [-0.39, 0.29) is 5.41 Å². The van der Waals surface area contributed by atoms with E-state index >= 15 is 0 Å². The molecule has 106 valence electrons. The van der Waals surface area contributed by atoms with E-state index in [2.05, 4.69) is 44.0 Å². The van der Waals surface area contributed by atoms with Crippen LogP contribution in [0.4, 0.5) is 0 Å². The van der Waals surface area contributed by atoms with Crippen molar-refractivity contribution in [3.8, 4) is 11.6 Å². The van der Waals surface area contributed by atoms with Gasteiger partial charge in [0.2, 0.25) is 5.88 Å². The SMILES string of the molecule is CC(C)(C)c1ccc(Oc2nccc3ccccc23)cc1. The summed E-state index contributed by atoms with van der Waals surface area (Å²) in [5.41, 5.74) is 1.44. The van der Waals surface area contributed by atoms with E-state index in [4.69, 9.17) is 4.74 Å². The maximum absolute atomic E-state index is 5.95. The van der Waals surface area contributed by atoms with Gasteiger partial charge in [-0.15, -0.1) is 0 Å². The van der Waals surface area contributed by atoms with Crippen LogP contribution >= 0.6 is 0 Å². The van der Waals surface area contributed by atoms with Crippen LogP contribution in [-0.2, 0) is 5.41 Å². The molecule has 21 heavy (non-hydrogen) atoms. The summed E-state index contributed by atoms with van der Waals surface area (Å²) in [5, 5.41) is 2.16. The third-order valence-electron chi connectivity index (χ3n) is 3.57. The monoisotopic (exact) mass is 277 g/mol. The van der Waals surface area contributed by atoms with Gasteiger partial charge in [-0.1, -0.05) is 51.1 Å². The zero-order chi connectivity index (χ0) is 14.9. The average molecular weight is 277 g/mol. The topological polar surface area (TPSA) is 22.1 Å². The third kappa shape index (κ3) is 2.89. The van der Waals surface area contributed by atoms with E-state index in [0.717, 1.165) is 16.5 Å². The van der Waals surface area contributed by atoms with Gasteiger partial charge in [0.1, 0.15) is 5.75 Å².